The van der Waals surface area contributed by atoms with Gasteiger partial charge in [-0.25, -0.2) is 9.78 Å². The highest BCUT2D eigenvalue weighted by Gasteiger charge is 2.33. The summed E-state index contributed by atoms with van der Waals surface area (Å²) in [5.74, 6) is 3.18. The highest BCUT2D eigenvalue weighted by atomic mass is 35.5. The Morgan fingerprint density at radius 3 is 2.21 bits per heavy atom. The van der Waals surface area contributed by atoms with Crippen LogP contribution in [0.1, 0.15) is 5.56 Å². The van der Waals surface area contributed by atoms with Crippen LogP contribution in [0.2, 0.25) is 5.02 Å². The summed E-state index contributed by atoms with van der Waals surface area (Å²) in [6.07, 6.45) is 0.0639. The molecule has 4 aromatic rings. The summed E-state index contributed by atoms with van der Waals surface area (Å²) in [5, 5.41) is 4.06. The molecular weight excluding hydrogens is 718 g/mol. The molecule has 1 unspecified atom stereocenters. The maximum atomic E-state index is 13.0. The number of methoxy groups -OCH3 is 2. The number of amides is 3. The van der Waals surface area contributed by atoms with E-state index in [1.54, 1.807) is 57.5 Å². The predicted octanol–water partition coefficient (Wildman–Crippen LogP) is 3.96. The van der Waals surface area contributed by atoms with Crippen LogP contribution >= 0.6 is 11.6 Å². The van der Waals surface area contributed by atoms with Crippen molar-refractivity contribution in [3.05, 3.63) is 65.2 Å². The lowest BCUT2D eigenvalue weighted by Gasteiger charge is -2.37. The van der Waals surface area contributed by atoms with Crippen molar-refractivity contribution in [1.29, 1.82) is 0 Å². The number of ether oxygens (including phenoxy) is 4. The standard InChI is InChI=1S/C23H25N5O5.C10H13ClN2O.CH4O3S/c1-30-18-11-14-15(12-19(18)31-2)25-23(26-21(14)24)28-9-7-27(8-10-28)22(29)20-13-32-16-5-3-4-6-17(16)33-20;1-7-4-5-8(6-9(7)11)12-10(14)13(2)3;1-5(2,3)4/h3-6,11-12,20H,7-10,13H2,1-2H3,(H2,24,25,26);4-6H,1-3H3,(H,12,14);1H3,(H,2,3,4). The van der Waals surface area contributed by atoms with Gasteiger partial charge < -0.3 is 44.7 Å². The van der Waals surface area contributed by atoms with Gasteiger partial charge in [-0.3, -0.25) is 9.35 Å². The Labute approximate surface area is 307 Å². The average Bonchev–Trinajstić information content (AvgIpc) is 3.11. The minimum Gasteiger partial charge on any atom is -0.493 e. The molecule has 3 aromatic carbocycles. The van der Waals surface area contributed by atoms with E-state index in [1.807, 2.05) is 42.2 Å². The number of fused-ring (bicyclic) bond motifs is 2. The zero-order valence-electron chi connectivity index (χ0n) is 29.6. The van der Waals surface area contributed by atoms with Crippen molar-refractivity contribution in [2.45, 2.75) is 13.0 Å². The number of carbonyl (C=O) groups is 2. The summed E-state index contributed by atoms with van der Waals surface area (Å²) in [5.41, 5.74) is 8.59. The smallest absolute Gasteiger partial charge is 0.321 e. The first-order valence-corrected chi connectivity index (χ1v) is 18.1. The average molecular weight is 760 g/mol. The fraction of sp³-hybridized carbons (Fsp3) is 0.353. The molecule has 0 saturated carbocycles. The molecule has 6 rings (SSSR count). The van der Waals surface area contributed by atoms with E-state index in [9.17, 15) is 18.0 Å². The molecule has 0 spiro atoms. The van der Waals surface area contributed by atoms with Gasteiger partial charge in [-0.05, 0) is 42.8 Å². The summed E-state index contributed by atoms with van der Waals surface area (Å²) in [7, 11) is 2.85. The summed E-state index contributed by atoms with van der Waals surface area (Å²) in [6, 6.07) is 16.2. The van der Waals surface area contributed by atoms with Crippen molar-refractivity contribution in [3.63, 3.8) is 0 Å². The number of halogens is 1. The van der Waals surface area contributed by atoms with E-state index in [4.69, 9.17) is 40.8 Å². The number of nitrogens with one attached hydrogen (secondary N) is 1. The van der Waals surface area contributed by atoms with Crippen LogP contribution in [0.5, 0.6) is 23.0 Å². The summed E-state index contributed by atoms with van der Waals surface area (Å²) in [4.78, 5) is 38.7. The highest BCUT2D eigenvalue weighted by Crippen LogP contribution is 2.35. The zero-order chi connectivity index (χ0) is 38.2. The van der Waals surface area contributed by atoms with Gasteiger partial charge in [-0.15, -0.1) is 0 Å². The highest BCUT2D eigenvalue weighted by molar-refractivity contribution is 7.85. The van der Waals surface area contributed by atoms with E-state index in [0.717, 1.165) is 5.56 Å². The molecular formula is C34H42ClN7O9S. The molecule has 0 bridgehead atoms. The normalized spacial score (nSPS) is 15.0. The number of hydrogen-bond acceptors (Lipinski definition) is 12. The lowest BCUT2D eigenvalue weighted by molar-refractivity contribution is -0.141. The van der Waals surface area contributed by atoms with Crippen molar-refractivity contribution in [2.24, 2.45) is 0 Å². The van der Waals surface area contributed by atoms with Crippen molar-refractivity contribution < 1.29 is 41.5 Å². The minimum atomic E-state index is -3.67. The SMILES string of the molecule is COc1cc2nc(N3CCN(C(=O)C4COc5ccccc5O4)CC3)nc(N)c2cc1OC.CS(=O)(=O)O.Cc1ccc(NC(=O)N(C)C)cc1Cl. The fourth-order valence-electron chi connectivity index (χ4n) is 4.99. The van der Waals surface area contributed by atoms with Gasteiger partial charge in [0.15, 0.2) is 23.0 Å². The molecule has 3 amide bonds. The lowest BCUT2D eigenvalue weighted by Crippen LogP contribution is -2.54. The molecule has 1 atom stereocenters. The van der Waals surface area contributed by atoms with E-state index in [0.29, 0.717) is 88.8 Å². The van der Waals surface area contributed by atoms with Crippen LogP contribution in [0, 0.1) is 6.92 Å². The number of para-hydroxylation sites is 2. The van der Waals surface area contributed by atoms with E-state index in [1.165, 1.54) is 4.90 Å². The Kier molecular flexibility index (Phi) is 13.2. The molecule has 2 aliphatic rings. The Morgan fingerprint density at radius 2 is 1.62 bits per heavy atom. The number of aromatic nitrogens is 2. The number of hydrogen-bond donors (Lipinski definition) is 3. The Bertz CT molecular complexity index is 2000. The third kappa shape index (κ3) is 10.6. The van der Waals surface area contributed by atoms with Crippen LogP contribution < -0.4 is 34.9 Å². The quantitative estimate of drug-likeness (QED) is 0.247. The van der Waals surface area contributed by atoms with Gasteiger partial charge in [-0.2, -0.15) is 13.4 Å². The fourth-order valence-corrected chi connectivity index (χ4v) is 5.17. The maximum absolute atomic E-state index is 13.0. The number of nitrogens with zero attached hydrogens (tertiary/aromatic N) is 5. The molecule has 1 fully saturated rings. The van der Waals surface area contributed by atoms with Crippen molar-refractivity contribution >= 4 is 62.0 Å². The number of benzene rings is 3. The maximum Gasteiger partial charge on any atom is 0.321 e. The number of urea groups is 1. The van der Waals surface area contributed by atoms with Crippen LogP contribution in [0.15, 0.2) is 54.6 Å². The number of nitrogen functional groups attached to an aromatic ring is 1. The summed E-state index contributed by atoms with van der Waals surface area (Å²) >= 11 is 5.91. The van der Waals surface area contributed by atoms with Crippen molar-refractivity contribution in [2.75, 3.05) is 83.3 Å². The van der Waals surface area contributed by atoms with Gasteiger partial charge in [-0.1, -0.05) is 29.8 Å². The van der Waals surface area contributed by atoms with Crippen molar-refractivity contribution in [1.82, 2.24) is 19.8 Å². The van der Waals surface area contributed by atoms with E-state index >= 15 is 0 Å². The van der Waals surface area contributed by atoms with E-state index < -0.39 is 16.2 Å². The van der Waals surface area contributed by atoms with Gasteiger partial charge >= 0.3 is 6.03 Å². The van der Waals surface area contributed by atoms with Crippen LogP contribution in [0.4, 0.5) is 22.2 Å². The third-order valence-electron chi connectivity index (χ3n) is 7.71. The molecule has 18 heteroatoms. The molecule has 3 heterocycles. The summed E-state index contributed by atoms with van der Waals surface area (Å²) in [6.45, 7) is 4.31. The zero-order valence-corrected chi connectivity index (χ0v) is 31.2. The third-order valence-corrected chi connectivity index (χ3v) is 8.11. The second-order valence-electron chi connectivity index (χ2n) is 11.8. The molecule has 1 aromatic heterocycles. The Hall–Kier alpha value is -5.26. The first kappa shape index (κ1) is 39.5. The number of anilines is 3. The monoisotopic (exact) mass is 759 g/mol. The molecule has 1 saturated heterocycles. The Morgan fingerprint density at radius 1 is 1.00 bits per heavy atom. The van der Waals surface area contributed by atoms with Crippen molar-refractivity contribution in [3.8, 4) is 23.0 Å². The second-order valence-corrected chi connectivity index (χ2v) is 13.7. The first-order valence-electron chi connectivity index (χ1n) is 15.9. The van der Waals surface area contributed by atoms with Gasteiger partial charge in [0.2, 0.25) is 12.1 Å². The first-order chi connectivity index (χ1) is 24.6. The molecule has 52 heavy (non-hydrogen) atoms. The molecule has 0 radical (unpaired) electrons. The van der Waals surface area contributed by atoms with Crippen LogP contribution in [-0.2, 0) is 14.9 Å². The minimum absolute atomic E-state index is 0.0834. The topological polar surface area (TPSA) is 199 Å². The molecule has 16 nitrogen and oxygen atoms in total. The number of aryl methyl sites for hydroxylation is 1. The van der Waals surface area contributed by atoms with Gasteiger partial charge in [0.1, 0.15) is 12.4 Å². The summed E-state index contributed by atoms with van der Waals surface area (Å²) < 4.78 is 48.2. The van der Waals surface area contributed by atoms with Gasteiger partial charge in [0.05, 0.1) is 26.0 Å². The second kappa shape index (κ2) is 17.3. The number of nitrogens with two attached hydrogens (primary N) is 1. The largest absolute Gasteiger partial charge is 0.493 e. The number of carbonyl (C=O) groups excluding carboxylic acids is 2. The molecule has 4 N–H and O–H groups in total. The van der Waals surface area contributed by atoms with E-state index in [-0.39, 0.29) is 18.5 Å². The lowest BCUT2D eigenvalue weighted by atomic mass is 10.2. The van der Waals surface area contributed by atoms with Crippen LogP contribution in [0.25, 0.3) is 10.9 Å². The number of piperazine rings is 1. The van der Waals surface area contributed by atoms with Crippen LogP contribution in [0.3, 0.4) is 0 Å². The van der Waals surface area contributed by atoms with Gasteiger partial charge in [0.25, 0.3) is 16.0 Å². The predicted molar refractivity (Wildman–Crippen MR) is 199 cm³/mol. The number of rotatable bonds is 5. The molecule has 0 aliphatic carbocycles. The Balaban J connectivity index is 0.000000264. The van der Waals surface area contributed by atoms with Gasteiger partial charge in [0, 0.05) is 62.4 Å². The molecule has 280 valence electrons. The van der Waals surface area contributed by atoms with Crippen LogP contribution in [-0.4, -0.2) is 118 Å². The molecule has 2 aliphatic heterocycles. The van der Waals surface area contributed by atoms with E-state index in [2.05, 4.69) is 15.3 Å².